The Bertz CT molecular complexity index is 789. The standard InChI is InChI=1S/C21H25ClN2O3/c1-4-5-20(25)23-16-8-11-18(22)19(12-16)24-21(26)15-6-9-17(10-7-15)27-13-14(2)3/h6-12,14H,4-5,13H2,1-3H3,(H,23,25)(H,24,26). The zero-order chi connectivity index (χ0) is 19.8. The van der Waals surface area contributed by atoms with Crippen molar-refractivity contribution < 1.29 is 14.3 Å². The van der Waals surface area contributed by atoms with Gasteiger partial charge in [-0.3, -0.25) is 9.59 Å². The van der Waals surface area contributed by atoms with E-state index in [-0.39, 0.29) is 11.8 Å². The Balaban J connectivity index is 2.05. The van der Waals surface area contributed by atoms with Gasteiger partial charge in [-0.1, -0.05) is 32.4 Å². The first-order chi connectivity index (χ1) is 12.9. The lowest BCUT2D eigenvalue weighted by molar-refractivity contribution is -0.116. The van der Waals surface area contributed by atoms with Crippen molar-refractivity contribution in [3.05, 3.63) is 53.1 Å². The highest BCUT2D eigenvalue weighted by Crippen LogP contribution is 2.26. The molecule has 144 valence electrons. The molecule has 0 heterocycles. The maximum Gasteiger partial charge on any atom is 0.255 e. The fourth-order valence-electron chi connectivity index (χ4n) is 2.31. The van der Waals surface area contributed by atoms with Crippen molar-refractivity contribution in [3.8, 4) is 5.75 Å². The molecule has 27 heavy (non-hydrogen) atoms. The normalized spacial score (nSPS) is 10.6. The Morgan fingerprint density at radius 1 is 1.07 bits per heavy atom. The van der Waals surface area contributed by atoms with Gasteiger partial charge in [0.2, 0.25) is 5.91 Å². The molecule has 0 aliphatic rings. The summed E-state index contributed by atoms with van der Waals surface area (Å²) in [5, 5.41) is 5.96. The summed E-state index contributed by atoms with van der Waals surface area (Å²) < 4.78 is 5.62. The van der Waals surface area contributed by atoms with E-state index in [4.69, 9.17) is 16.3 Å². The molecule has 0 radical (unpaired) electrons. The molecule has 0 aromatic heterocycles. The average molecular weight is 389 g/mol. The highest BCUT2D eigenvalue weighted by atomic mass is 35.5. The van der Waals surface area contributed by atoms with Crippen LogP contribution in [0.2, 0.25) is 5.02 Å². The largest absolute Gasteiger partial charge is 0.493 e. The van der Waals surface area contributed by atoms with Crippen molar-refractivity contribution in [3.63, 3.8) is 0 Å². The molecule has 0 saturated heterocycles. The predicted molar refractivity (Wildman–Crippen MR) is 110 cm³/mol. The fraction of sp³-hybridized carbons (Fsp3) is 0.333. The van der Waals surface area contributed by atoms with E-state index < -0.39 is 0 Å². The molecule has 0 bridgehead atoms. The third kappa shape index (κ3) is 6.61. The molecular weight excluding hydrogens is 364 g/mol. The van der Waals surface area contributed by atoms with Gasteiger partial charge in [0.25, 0.3) is 5.91 Å². The Morgan fingerprint density at radius 3 is 2.41 bits per heavy atom. The second kappa shape index (κ2) is 9.97. The number of anilines is 2. The molecule has 0 aliphatic heterocycles. The molecule has 0 unspecified atom stereocenters. The maximum absolute atomic E-state index is 12.5. The van der Waals surface area contributed by atoms with Gasteiger partial charge >= 0.3 is 0 Å². The minimum Gasteiger partial charge on any atom is -0.493 e. The van der Waals surface area contributed by atoms with Crippen molar-refractivity contribution in [2.45, 2.75) is 33.6 Å². The lowest BCUT2D eigenvalue weighted by atomic mass is 10.2. The van der Waals surface area contributed by atoms with Gasteiger partial charge in [-0.2, -0.15) is 0 Å². The molecule has 0 aliphatic carbocycles. The van der Waals surface area contributed by atoms with Gasteiger partial charge in [-0.05, 0) is 54.8 Å². The fourth-order valence-corrected chi connectivity index (χ4v) is 2.47. The molecule has 2 rings (SSSR count). The third-order valence-electron chi connectivity index (χ3n) is 3.68. The first-order valence-electron chi connectivity index (χ1n) is 9.02. The van der Waals surface area contributed by atoms with Crippen LogP contribution in [0, 0.1) is 5.92 Å². The summed E-state index contributed by atoms with van der Waals surface area (Å²) in [6.07, 6.45) is 1.20. The Kier molecular flexibility index (Phi) is 7.67. The van der Waals surface area contributed by atoms with E-state index in [0.29, 0.717) is 40.9 Å². The Morgan fingerprint density at radius 2 is 1.78 bits per heavy atom. The van der Waals surface area contributed by atoms with Crippen molar-refractivity contribution in [1.29, 1.82) is 0 Å². The predicted octanol–water partition coefficient (Wildman–Crippen LogP) is 5.37. The summed E-state index contributed by atoms with van der Waals surface area (Å²) in [6.45, 7) is 6.71. The van der Waals surface area contributed by atoms with E-state index in [2.05, 4.69) is 24.5 Å². The van der Waals surface area contributed by atoms with Gasteiger partial charge in [0.1, 0.15) is 5.75 Å². The van der Waals surface area contributed by atoms with E-state index in [9.17, 15) is 9.59 Å². The minimum atomic E-state index is -0.288. The first-order valence-corrected chi connectivity index (χ1v) is 9.40. The monoisotopic (exact) mass is 388 g/mol. The van der Waals surface area contributed by atoms with Gasteiger partial charge < -0.3 is 15.4 Å². The third-order valence-corrected chi connectivity index (χ3v) is 4.00. The molecular formula is C21H25ClN2O3. The number of carbonyl (C=O) groups is 2. The number of carbonyl (C=O) groups excluding carboxylic acids is 2. The van der Waals surface area contributed by atoms with Crippen LogP contribution in [0.1, 0.15) is 44.0 Å². The summed E-state index contributed by atoms with van der Waals surface area (Å²) in [5.74, 6) is 0.789. The molecule has 0 spiro atoms. The van der Waals surface area contributed by atoms with Gasteiger partial charge in [-0.15, -0.1) is 0 Å². The molecule has 0 atom stereocenters. The van der Waals surface area contributed by atoms with Crippen LogP contribution >= 0.6 is 11.6 Å². The van der Waals surface area contributed by atoms with Gasteiger partial charge in [0, 0.05) is 17.7 Å². The van der Waals surface area contributed by atoms with E-state index in [1.54, 1.807) is 42.5 Å². The number of benzene rings is 2. The molecule has 0 fully saturated rings. The van der Waals surface area contributed by atoms with Crippen molar-refractivity contribution in [2.24, 2.45) is 5.92 Å². The summed E-state index contributed by atoms with van der Waals surface area (Å²) in [6, 6.07) is 11.9. The van der Waals surface area contributed by atoms with Crippen LogP contribution in [0.15, 0.2) is 42.5 Å². The van der Waals surface area contributed by atoms with E-state index in [0.717, 1.165) is 12.2 Å². The maximum atomic E-state index is 12.5. The van der Waals surface area contributed by atoms with Gasteiger partial charge in [0.05, 0.1) is 17.3 Å². The second-order valence-electron chi connectivity index (χ2n) is 6.68. The van der Waals surface area contributed by atoms with Crippen LogP contribution in [0.5, 0.6) is 5.75 Å². The minimum absolute atomic E-state index is 0.0749. The summed E-state index contributed by atoms with van der Waals surface area (Å²) in [5.41, 5.74) is 1.52. The zero-order valence-electron chi connectivity index (χ0n) is 15.8. The van der Waals surface area contributed by atoms with Crippen LogP contribution in [0.25, 0.3) is 0 Å². The smallest absolute Gasteiger partial charge is 0.255 e. The second-order valence-corrected chi connectivity index (χ2v) is 7.08. The van der Waals surface area contributed by atoms with Crippen LogP contribution in [0.3, 0.4) is 0 Å². The molecule has 2 amide bonds. The number of ether oxygens (including phenoxy) is 1. The average Bonchev–Trinajstić information content (AvgIpc) is 2.63. The highest BCUT2D eigenvalue weighted by molar-refractivity contribution is 6.34. The summed E-state index contributed by atoms with van der Waals surface area (Å²) >= 11 is 6.17. The van der Waals surface area contributed by atoms with Crippen LogP contribution < -0.4 is 15.4 Å². The molecule has 6 heteroatoms. The number of hydrogen-bond donors (Lipinski definition) is 2. The van der Waals surface area contributed by atoms with Crippen LogP contribution in [-0.4, -0.2) is 18.4 Å². The SMILES string of the molecule is CCCC(=O)Nc1ccc(Cl)c(NC(=O)c2ccc(OCC(C)C)cc2)c1. The van der Waals surface area contributed by atoms with Crippen molar-refractivity contribution >= 4 is 34.8 Å². The summed E-state index contributed by atoms with van der Waals surface area (Å²) in [7, 11) is 0. The Hall–Kier alpha value is -2.53. The van der Waals surface area contributed by atoms with E-state index in [1.165, 1.54) is 0 Å². The summed E-state index contributed by atoms with van der Waals surface area (Å²) in [4.78, 5) is 24.2. The van der Waals surface area contributed by atoms with Crippen molar-refractivity contribution in [1.82, 2.24) is 0 Å². The van der Waals surface area contributed by atoms with E-state index >= 15 is 0 Å². The van der Waals surface area contributed by atoms with Gasteiger partial charge in [0.15, 0.2) is 0 Å². The van der Waals surface area contributed by atoms with Gasteiger partial charge in [-0.25, -0.2) is 0 Å². The lowest BCUT2D eigenvalue weighted by Gasteiger charge is -2.11. The number of amides is 2. The first kappa shape index (κ1) is 20.8. The topological polar surface area (TPSA) is 67.4 Å². The quantitative estimate of drug-likeness (QED) is 0.639. The highest BCUT2D eigenvalue weighted by Gasteiger charge is 2.11. The van der Waals surface area contributed by atoms with Crippen LogP contribution in [-0.2, 0) is 4.79 Å². The molecule has 2 N–H and O–H groups in total. The molecule has 2 aromatic rings. The number of rotatable bonds is 8. The van der Waals surface area contributed by atoms with Crippen LogP contribution in [0.4, 0.5) is 11.4 Å². The van der Waals surface area contributed by atoms with E-state index in [1.807, 2.05) is 6.92 Å². The number of halogens is 1. The molecule has 5 nitrogen and oxygen atoms in total. The molecule has 2 aromatic carbocycles. The van der Waals surface area contributed by atoms with Crippen molar-refractivity contribution in [2.75, 3.05) is 17.2 Å². The number of hydrogen-bond acceptors (Lipinski definition) is 3. The lowest BCUT2D eigenvalue weighted by Crippen LogP contribution is -2.14. The number of nitrogens with one attached hydrogen (secondary N) is 2. The zero-order valence-corrected chi connectivity index (χ0v) is 16.6. The Labute approximate surface area is 165 Å². The molecule has 0 saturated carbocycles.